The molecule has 1 fully saturated rings. The molecule has 5 N–H and O–H groups in total. The van der Waals surface area contributed by atoms with Crippen molar-refractivity contribution in [3.05, 3.63) is 76.4 Å². The number of hydrogen-bond donors (Lipinski definition) is 3. The van der Waals surface area contributed by atoms with Crippen molar-refractivity contribution in [2.45, 2.75) is 13.5 Å². The van der Waals surface area contributed by atoms with Crippen LogP contribution in [0.4, 0.5) is 14.6 Å². The quantitative estimate of drug-likeness (QED) is 0.252. The maximum absolute atomic E-state index is 13.9. The van der Waals surface area contributed by atoms with Crippen molar-refractivity contribution in [2.75, 3.05) is 44.2 Å². The van der Waals surface area contributed by atoms with E-state index in [0.717, 1.165) is 17.7 Å². The maximum Gasteiger partial charge on any atom is 0.266 e. The molecule has 3 aromatic rings. The van der Waals surface area contributed by atoms with Gasteiger partial charge in [-0.3, -0.25) is 19.0 Å². The molecule has 11 nitrogen and oxygen atoms in total. The first-order chi connectivity index (χ1) is 19.7. The summed E-state index contributed by atoms with van der Waals surface area (Å²) in [6.07, 6.45) is 1.53. The fraction of sp³-hybridized carbons (Fsp3) is 0.296. The molecule has 0 unspecified atom stereocenters. The number of anilines is 1. The molecule has 226 valence electrons. The lowest BCUT2D eigenvalue weighted by molar-refractivity contribution is -0.130. The second-order valence-electron chi connectivity index (χ2n) is 9.29. The maximum atomic E-state index is 13.9. The highest BCUT2D eigenvalue weighted by atomic mass is 35.5. The highest BCUT2D eigenvalue weighted by Gasteiger charge is 2.19. The molecule has 0 spiro atoms. The summed E-state index contributed by atoms with van der Waals surface area (Å²) in [4.78, 5) is 29.8. The average molecular weight is 626 g/mol. The Labute approximate surface area is 246 Å². The number of ether oxygens (including phenoxy) is 1. The van der Waals surface area contributed by atoms with Crippen molar-refractivity contribution in [3.63, 3.8) is 0 Å². The Morgan fingerprint density at radius 1 is 1.05 bits per heavy atom. The SMILES string of the molecule is CC(=O)N1CCN(CCS(=O)(=O)O)CC1.NC(=O)c1ccc(-c2cnc(N)c(OCc3c(F)ccc(F)c3Cl)c2)cc1. The molecule has 0 bridgehead atoms. The van der Waals surface area contributed by atoms with E-state index in [1.54, 1.807) is 35.2 Å². The second-order valence-corrected chi connectivity index (χ2v) is 11.2. The van der Waals surface area contributed by atoms with Gasteiger partial charge in [0.25, 0.3) is 10.1 Å². The van der Waals surface area contributed by atoms with Gasteiger partial charge in [0.2, 0.25) is 11.8 Å². The number of nitrogens with zero attached hydrogens (tertiary/aromatic N) is 3. The molecule has 0 saturated carbocycles. The van der Waals surface area contributed by atoms with Crippen LogP contribution in [0.1, 0.15) is 22.8 Å². The zero-order chi connectivity index (χ0) is 31.0. The van der Waals surface area contributed by atoms with Crippen molar-refractivity contribution in [1.29, 1.82) is 0 Å². The number of nitrogen functional groups attached to an aromatic ring is 1. The van der Waals surface area contributed by atoms with Gasteiger partial charge in [0.15, 0.2) is 11.6 Å². The molecule has 1 aromatic heterocycles. The Bertz CT molecular complexity index is 1530. The Hall–Kier alpha value is -3.85. The van der Waals surface area contributed by atoms with Crippen LogP contribution in [0.15, 0.2) is 48.7 Å². The number of rotatable bonds is 8. The van der Waals surface area contributed by atoms with Gasteiger partial charge in [0, 0.05) is 62.5 Å². The summed E-state index contributed by atoms with van der Waals surface area (Å²) in [7, 11) is -3.88. The van der Waals surface area contributed by atoms with Crippen LogP contribution in [-0.4, -0.2) is 78.0 Å². The Balaban J connectivity index is 0.000000274. The number of piperazine rings is 1. The number of carbonyl (C=O) groups is 2. The molecule has 1 aliphatic rings. The first-order valence-electron chi connectivity index (χ1n) is 12.6. The highest BCUT2D eigenvalue weighted by Crippen LogP contribution is 2.30. The number of nitrogens with two attached hydrogens (primary N) is 2. The van der Waals surface area contributed by atoms with E-state index in [1.807, 2.05) is 4.90 Å². The normalized spacial score (nSPS) is 13.7. The molecule has 2 amide bonds. The van der Waals surface area contributed by atoms with Crippen LogP contribution >= 0.6 is 11.6 Å². The zero-order valence-electron chi connectivity index (χ0n) is 22.6. The standard InChI is InChI=1S/C19H14ClF2N3O2.C8H16N2O4S/c20-17-13(14(21)5-6-15(17)22)9-27-16-7-12(8-25-18(16)23)10-1-3-11(4-2-10)19(24)26;1-8(11)10-4-2-9(3-5-10)6-7-15(12,13)14/h1-8H,9H2,(H2,23,25)(H2,24,26);2-7H2,1H3,(H,12,13,14). The average Bonchev–Trinajstić information content (AvgIpc) is 2.95. The van der Waals surface area contributed by atoms with Gasteiger partial charge in [-0.25, -0.2) is 13.8 Å². The van der Waals surface area contributed by atoms with Crippen molar-refractivity contribution < 1.29 is 36.1 Å². The molecule has 0 atom stereocenters. The number of benzene rings is 2. The lowest BCUT2D eigenvalue weighted by Crippen LogP contribution is -2.49. The van der Waals surface area contributed by atoms with E-state index in [0.29, 0.717) is 43.9 Å². The van der Waals surface area contributed by atoms with E-state index in [2.05, 4.69) is 4.98 Å². The number of carbonyl (C=O) groups excluding carboxylic acids is 2. The minimum atomic E-state index is -3.88. The fourth-order valence-corrected chi connectivity index (χ4v) is 4.63. The number of halogens is 3. The third-order valence-corrected chi connectivity index (χ3v) is 7.49. The van der Waals surface area contributed by atoms with E-state index < -0.39 is 27.7 Å². The summed E-state index contributed by atoms with van der Waals surface area (Å²) >= 11 is 5.79. The van der Waals surface area contributed by atoms with E-state index in [-0.39, 0.29) is 40.4 Å². The molecular weight excluding hydrogens is 596 g/mol. The minimum Gasteiger partial charge on any atom is -0.485 e. The van der Waals surface area contributed by atoms with Gasteiger partial charge < -0.3 is 21.1 Å². The summed E-state index contributed by atoms with van der Waals surface area (Å²) in [5.74, 6) is -1.89. The molecule has 15 heteroatoms. The summed E-state index contributed by atoms with van der Waals surface area (Å²) < 4.78 is 62.5. The van der Waals surface area contributed by atoms with Gasteiger partial charge in [-0.05, 0) is 35.9 Å². The number of amides is 2. The summed E-state index contributed by atoms with van der Waals surface area (Å²) in [5, 5.41) is -0.347. The van der Waals surface area contributed by atoms with Crippen molar-refractivity contribution in [2.24, 2.45) is 5.73 Å². The van der Waals surface area contributed by atoms with Crippen molar-refractivity contribution in [3.8, 4) is 16.9 Å². The van der Waals surface area contributed by atoms with Gasteiger partial charge in [-0.15, -0.1) is 0 Å². The summed E-state index contributed by atoms with van der Waals surface area (Å²) in [6, 6.07) is 10.1. The van der Waals surface area contributed by atoms with Crippen LogP contribution in [-0.2, 0) is 21.5 Å². The largest absolute Gasteiger partial charge is 0.485 e. The molecule has 2 aromatic carbocycles. The first-order valence-corrected chi connectivity index (χ1v) is 14.6. The predicted molar refractivity (Wildman–Crippen MR) is 153 cm³/mol. The smallest absolute Gasteiger partial charge is 0.266 e. The predicted octanol–water partition coefficient (Wildman–Crippen LogP) is 2.98. The molecule has 1 aliphatic heterocycles. The van der Waals surface area contributed by atoms with Gasteiger partial charge in [-0.1, -0.05) is 23.7 Å². The number of hydrogen-bond acceptors (Lipinski definition) is 8. The minimum absolute atomic E-state index is 0.0458. The van der Waals surface area contributed by atoms with Crippen LogP contribution in [0.5, 0.6) is 5.75 Å². The monoisotopic (exact) mass is 625 g/mol. The Morgan fingerprint density at radius 3 is 2.24 bits per heavy atom. The Morgan fingerprint density at radius 2 is 1.67 bits per heavy atom. The van der Waals surface area contributed by atoms with Crippen LogP contribution in [0.25, 0.3) is 11.1 Å². The number of pyridine rings is 1. The van der Waals surface area contributed by atoms with E-state index in [9.17, 15) is 26.8 Å². The van der Waals surface area contributed by atoms with Crippen LogP contribution in [0, 0.1) is 11.6 Å². The lowest BCUT2D eigenvalue weighted by atomic mass is 10.1. The Kier molecular flexibility index (Phi) is 11.2. The third kappa shape index (κ3) is 9.34. The zero-order valence-corrected chi connectivity index (χ0v) is 24.2. The number of aromatic nitrogens is 1. The molecule has 4 rings (SSSR count). The fourth-order valence-electron chi connectivity index (χ4n) is 3.94. The van der Waals surface area contributed by atoms with Crippen LogP contribution in [0.3, 0.4) is 0 Å². The van der Waals surface area contributed by atoms with Crippen LogP contribution in [0.2, 0.25) is 5.02 Å². The van der Waals surface area contributed by atoms with Gasteiger partial charge in [0.1, 0.15) is 18.2 Å². The van der Waals surface area contributed by atoms with Crippen LogP contribution < -0.4 is 16.2 Å². The molecule has 2 heterocycles. The molecule has 42 heavy (non-hydrogen) atoms. The van der Waals surface area contributed by atoms with E-state index in [1.165, 1.54) is 13.1 Å². The summed E-state index contributed by atoms with van der Waals surface area (Å²) in [5.41, 5.74) is 12.7. The topological polar surface area (TPSA) is 169 Å². The lowest BCUT2D eigenvalue weighted by Gasteiger charge is -2.33. The van der Waals surface area contributed by atoms with Gasteiger partial charge in [-0.2, -0.15) is 8.42 Å². The molecular formula is C27H30ClF2N5O6S. The van der Waals surface area contributed by atoms with Crippen molar-refractivity contribution in [1.82, 2.24) is 14.8 Å². The van der Waals surface area contributed by atoms with Gasteiger partial charge in [0.05, 0.1) is 10.8 Å². The van der Waals surface area contributed by atoms with Gasteiger partial charge >= 0.3 is 0 Å². The molecule has 0 radical (unpaired) electrons. The van der Waals surface area contributed by atoms with E-state index >= 15 is 0 Å². The summed E-state index contributed by atoms with van der Waals surface area (Å²) in [6.45, 7) is 4.10. The number of primary amides is 1. The molecule has 1 saturated heterocycles. The van der Waals surface area contributed by atoms with Crippen molar-refractivity contribution >= 4 is 39.4 Å². The molecule has 0 aliphatic carbocycles. The highest BCUT2D eigenvalue weighted by molar-refractivity contribution is 7.85. The third-order valence-electron chi connectivity index (χ3n) is 6.38. The van der Waals surface area contributed by atoms with E-state index in [4.69, 9.17) is 32.4 Å². The first kappa shape index (κ1) is 32.7. The second kappa shape index (κ2) is 14.4.